The van der Waals surface area contributed by atoms with Gasteiger partial charge in [-0.25, -0.2) is 0 Å². The van der Waals surface area contributed by atoms with Crippen molar-refractivity contribution in [3.8, 4) is 0 Å². The van der Waals surface area contributed by atoms with Gasteiger partial charge in [0.1, 0.15) is 5.15 Å². The van der Waals surface area contributed by atoms with E-state index in [0.717, 1.165) is 17.3 Å². The monoisotopic (exact) mass is 283 g/mol. The number of hydrogen-bond donors (Lipinski definition) is 1. The number of nitrogens with zero attached hydrogens (tertiary/aromatic N) is 2. The highest BCUT2D eigenvalue weighted by Gasteiger charge is 2.44. The van der Waals surface area contributed by atoms with Crippen molar-refractivity contribution >= 4 is 11.6 Å². The first-order valence-corrected chi connectivity index (χ1v) is 7.48. The van der Waals surface area contributed by atoms with Gasteiger partial charge in [-0.2, -0.15) is 5.10 Å². The molecular weight excluding hydrogens is 262 g/mol. The van der Waals surface area contributed by atoms with Gasteiger partial charge in [0.25, 0.3) is 0 Å². The highest BCUT2D eigenvalue weighted by Crippen LogP contribution is 2.41. The first-order chi connectivity index (χ1) is 9.10. The third kappa shape index (κ3) is 2.30. The van der Waals surface area contributed by atoms with Gasteiger partial charge in [-0.3, -0.25) is 4.68 Å². The zero-order valence-electron chi connectivity index (χ0n) is 11.8. The second-order valence-electron chi connectivity index (χ2n) is 5.85. The number of hydrogen-bond acceptors (Lipinski definition) is 3. The second-order valence-corrected chi connectivity index (χ2v) is 6.21. The topological polar surface area (TPSA) is 39.1 Å². The molecule has 0 saturated carbocycles. The van der Waals surface area contributed by atoms with Crippen LogP contribution in [0.15, 0.2) is 0 Å². The SMILES string of the molecule is CNC(Cc1c(C)nn(C)c1Cl)C1CC2CCC1O2. The molecule has 1 aromatic rings. The summed E-state index contributed by atoms with van der Waals surface area (Å²) in [6.07, 6.45) is 5.52. The van der Waals surface area contributed by atoms with Gasteiger partial charge < -0.3 is 10.1 Å². The number of nitrogens with one attached hydrogen (secondary N) is 1. The van der Waals surface area contributed by atoms with Gasteiger partial charge in [-0.1, -0.05) is 11.6 Å². The Morgan fingerprint density at radius 3 is 2.79 bits per heavy atom. The maximum Gasteiger partial charge on any atom is 0.130 e. The van der Waals surface area contributed by atoms with Gasteiger partial charge in [0.05, 0.1) is 17.9 Å². The quantitative estimate of drug-likeness (QED) is 0.920. The molecule has 5 heteroatoms. The van der Waals surface area contributed by atoms with Crippen LogP contribution in [0.25, 0.3) is 0 Å². The van der Waals surface area contributed by atoms with E-state index in [1.165, 1.54) is 24.8 Å². The van der Waals surface area contributed by atoms with E-state index in [0.29, 0.717) is 24.2 Å². The van der Waals surface area contributed by atoms with Crippen LogP contribution in [-0.2, 0) is 18.2 Å². The molecule has 19 heavy (non-hydrogen) atoms. The Balaban J connectivity index is 1.76. The van der Waals surface area contributed by atoms with Crippen molar-refractivity contribution in [2.75, 3.05) is 7.05 Å². The molecule has 0 radical (unpaired) electrons. The highest BCUT2D eigenvalue weighted by molar-refractivity contribution is 6.30. The fourth-order valence-corrected chi connectivity index (χ4v) is 3.95. The van der Waals surface area contributed by atoms with E-state index in [9.17, 15) is 0 Å². The minimum atomic E-state index is 0.427. The molecule has 4 atom stereocenters. The third-order valence-corrected chi connectivity index (χ3v) is 5.21. The fourth-order valence-electron chi connectivity index (χ4n) is 3.69. The fraction of sp³-hybridized carbons (Fsp3) is 0.786. The number of aryl methyl sites for hydroxylation is 2. The normalized spacial score (nSPS) is 31.1. The molecule has 1 aromatic heterocycles. The Morgan fingerprint density at radius 1 is 1.53 bits per heavy atom. The summed E-state index contributed by atoms with van der Waals surface area (Å²) in [5.74, 6) is 0.611. The summed E-state index contributed by atoms with van der Waals surface area (Å²) in [5.41, 5.74) is 2.21. The predicted octanol–water partition coefficient (Wildman–Crippen LogP) is 2.08. The van der Waals surface area contributed by atoms with E-state index < -0.39 is 0 Å². The molecule has 4 unspecified atom stereocenters. The standard InChI is InChI=1S/C14H22ClN3O/c1-8-10(14(15)18(3)17-8)7-12(16-2)11-6-9-4-5-13(11)19-9/h9,11-13,16H,4-7H2,1-3H3. The maximum atomic E-state index is 6.34. The Kier molecular flexibility index (Phi) is 3.58. The average molecular weight is 284 g/mol. The van der Waals surface area contributed by atoms with Gasteiger partial charge in [-0.05, 0) is 39.7 Å². The second kappa shape index (κ2) is 5.08. The van der Waals surface area contributed by atoms with Crippen molar-refractivity contribution in [1.82, 2.24) is 15.1 Å². The van der Waals surface area contributed by atoms with Crippen LogP contribution in [0.1, 0.15) is 30.5 Å². The zero-order valence-corrected chi connectivity index (χ0v) is 12.6. The van der Waals surface area contributed by atoms with Crippen LogP contribution in [0.4, 0.5) is 0 Å². The molecule has 0 spiro atoms. The van der Waals surface area contributed by atoms with Gasteiger partial charge in [0.15, 0.2) is 0 Å². The number of halogens is 1. The minimum absolute atomic E-state index is 0.427. The number of aromatic nitrogens is 2. The van der Waals surface area contributed by atoms with Crippen LogP contribution in [-0.4, -0.2) is 35.1 Å². The largest absolute Gasteiger partial charge is 0.375 e. The van der Waals surface area contributed by atoms with Crippen LogP contribution in [0, 0.1) is 12.8 Å². The zero-order chi connectivity index (χ0) is 13.6. The summed E-state index contributed by atoms with van der Waals surface area (Å²) in [4.78, 5) is 0. The van der Waals surface area contributed by atoms with Gasteiger partial charge in [0.2, 0.25) is 0 Å². The first kappa shape index (κ1) is 13.4. The molecule has 2 aliphatic heterocycles. The molecule has 1 N–H and O–H groups in total. The lowest BCUT2D eigenvalue weighted by Crippen LogP contribution is -2.40. The first-order valence-electron chi connectivity index (χ1n) is 7.10. The summed E-state index contributed by atoms with van der Waals surface area (Å²) in [6, 6.07) is 0.427. The summed E-state index contributed by atoms with van der Waals surface area (Å²) in [7, 11) is 3.93. The van der Waals surface area contributed by atoms with Gasteiger partial charge in [-0.15, -0.1) is 0 Å². The van der Waals surface area contributed by atoms with E-state index in [4.69, 9.17) is 16.3 Å². The molecule has 0 aromatic carbocycles. The van der Waals surface area contributed by atoms with E-state index in [-0.39, 0.29) is 0 Å². The van der Waals surface area contributed by atoms with Crippen LogP contribution >= 0.6 is 11.6 Å². The number of likely N-dealkylation sites (N-methyl/N-ethyl adjacent to an activating group) is 1. The molecule has 2 fully saturated rings. The van der Waals surface area contributed by atoms with Crippen molar-refractivity contribution in [3.05, 3.63) is 16.4 Å². The lowest BCUT2D eigenvalue weighted by atomic mass is 9.81. The van der Waals surface area contributed by atoms with Crippen molar-refractivity contribution in [2.24, 2.45) is 13.0 Å². The number of fused-ring (bicyclic) bond motifs is 2. The lowest BCUT2D eigenvalue weighted by Gasteiger charge is -2.28. The molecule has 3 rings (SSSR count). The highest BCUT2D eigenvalue weighted by atomic mass is 35.5. The molecule has 0 aliphatic carbocycles. The smallest absolute Gasteiger partial charge is 0.130 e. The molecule has 106 valence electrons. The number of ether oxygens (including phenoxy) is 1. The Bertz CT molecular complexity index is 474. The van der Waals surface area contributed by atoms with Crippen LogP contribution < -0.4 is 5.32 Å². The Morgan fingerprint density at radius 2 is 2.32 bits per heavy atom. The van der Waals surface area contributed by atoms with E-state index in [1.807, 2.05) is 21.0 Å². The Hall–Kier alpha value is -0.580. The van der Waals surface area contributed by atoms with Crippen LogP contribution in [0.2, 0.25) is 5.15 Å². The molecule has 2 aliphatic rings. The van der Waals surface area contributed by atoms with Crippen LogP contribution in [0.5, 0.6) is 0 Å². The van der Waals surface area contributed by atoms with Gasteiger partial charge >= 0.3 is 0 Å². The maximum absolute atomic E-state index is 6.34. The molecular formula is C14H22ClN3O. The molecule has 2 bridgehead atoms. The lowest BCUT2D eigenvalue weighted by molar-refractivity contribution is 0.0863. The van der Waals surface area contributed by atoms with E-state index in [1.54, 1.807) is 4.68 Å². The van der Waals surface area contributed by atoms with Gasteiger partial charge in [0, 0.05) is 24.6 Å². The summed E-state index contributed by atoms with van der Waals surface area (Å²) in [6.45, 7) is 2.03. The van der Waals surface area contributed by atoms with Crippen LogP contribution in [0.3, 0.4) is 0 Å². The van der Waals surface area contributed by atoms with Crippen molar-refractivity contribution < 1.29 is 4.74 Å². The predicted molar refractivity (Wildman–Crippen MR) is 75.5 cm³/mol. The molecule has 3 heterocycles. The molecule has 2 saturated heterocycles. The molecule has 4 nitrogen and oxygen atoms in total. The summed E-state index contributed by atoms with van der Waals surface area (Å²) in [5, 5.41) is 8.63. The number of rotatable bonds is 4. The van der Waals surface area contributed by atoms with Crippen molar-refractivity contribution in [1.29, 1.82) is 0 Å². The summed E-state index contributed by atoms with van der Waals surface area (Å²) >= 11 is 6.34. The minimum Gasteiger partial charge on any atom is -0.375 e. The Labute approximate surface area is 119 Å². The van der Waals surface area contributed by atoms with E-state index in [2.05, 4.69) is 10.4 Å². The van der Waals surface area contributed by atoms with E-state index >= 15 is 0 Å². The average Bonchev–Trinajstić information content (AvgIpc) is 3.06. The summed E-state index contributed by atoms with van der Waals surface area (Å²) < 4.78 is 7.74. The third-order valence-electron chi connectivity index (χ3n) is 4.73. The molecule has 0 amide bonds. The van der Waals surface area contributed by atoms with Crippen molar-refractivity contribution in [2.45, 2.75) is 50.9 Å². The van der Waals surface area contributed by atoms with Crippen molar-refractivity contribution in [3.63, 3.8) is 0 Å².